The molecular formula is C16H20N4O2. The average Bonchev–Trinajstić information content (AvgIpc) is 3.30. The van der Waals surface area contributed by atoms with Crippen molar-refractivity contribution in [3.8, 4) is 11.5 Å². The van der Waals surface area contributed by atoms with Crippen LogP contribution in [0.15, 0.2) is 24.3 Å². The lowest BCUT2D eigenvalue weighted by atomic mass is 10.2. The number of aryl methyl sites for hydroxylation is 1. The number of benzene rings is 1. The van der Waals surface area contributed by atoms with Gasteiger partial charge in [-0.15, -0.1) is 0 Å². The van der Waals surface area contributed by atoms with Crippen LogP contribution in [0.1, 0.15) is 18.5 Å². The first-order chi connectivity index (χ1) is 10.7. The van der Waals surface area contributed by atoms with Crippen LogP contribution in [0.3, 0.4) is 0 Å². The van der Waals surface area contributed by atoms with Gasteiger partial charge in [-0.3, -0.25) is 0 Å². The van der Waals surface area contributed by atoms with Gasteiger partial charge >= 0.3 is 0 Å². The molecule has 116 valence electrons. The second-order valence-electron chi connectivity index (χ2n) is 5.33. The highest BCUT2D eigenvalue weighted by atomic mass is 16.5. The average molecular weight is 300 g/mol. The Bertz CT molecular complexity index is 671. The standard InChI is InChI=1S/C16H20N4O2/c1-10-8-15(18-11-4-5-11)20-16(17-10)19-13-9-12(21-2)6-7-14(13)22-3/h6-9,11H,4-5H2,1-3H3,(H2,17,18,19,20). The van der Waals surface area contributed by atoms with E-state index in [-0.39, 0.29) is 0 Å². The summed E-state index contributed by atoms with van der Waals surface area (Å²) in [6.45, 7) is 1.95. The first kappa shape index (κ1) is 14.4. The number of rotatable bonds is 6. The van der Waals surface area contributed by atoms with Gasteiger partial charge in [-0.1, -0.05) is 0 Å². The fraction of sp³-hybridized carbons (Fsp3) is 0.375. The highest BCUT2D eigenvalue weighted by molar-refractivity contribution is 5.65. The lowest BCUT2D eigenvalue weighted by Gasteiger charge is -2.13. The molecule has 1 aliphatic carbocycles. The van der Waals surface area contributed by atoms with E-state index in [1.54, 1.807) is 14.2 Å². The van der Waals surface area contributed by atoms with Crippen molar-refractivity contribution in [2.75, 3.05) is 24.9 Å². The minimum absolute atomic E-state index is 0.537. The van der Waals surface area contributed by atoms with Crippen LogP contribution >= 0.6 is 0 Å². The van der Waals surface area contributed by atoms with Gasteiger partial charge in [-0.05, 0) is 31.9 Å². The lowest BCUT2D eigenvalue weighted by Crippen LogP contribution is -2.07. The van der Waals surface area contributed by atoms with Crippen molar-refractivity contribution in [1.82, 2.24) is 9.97 Å². The zero-order chi connectivity index (χ0) is 15.5. The molecule has 0 saturated heterocycles. The summed E-state index contributed by atoms with van der Waals surface area (Å²) < 4.78 is 10.6. The number of hydrogen-bond donors (Lipinski definition) is 2. The highest BCUT2D eigenvalue weighted by Gasteiger charge is 2.21. The van der Waals surface area contributed by atoms with Crippen molar-refractivity contribution in [2.24, 2.45) is 0 Å². The highest BCUT2D eigenvalue weighted by Crippen LogP contribution is 2.31. The van der Waals surface area contributed by atoms with Crippen LogP contribution in [-0.4, -0.2) is 30.2 Å². The number of nitrogens with one attached hydrogen (secondary N) is 2. The topological polar surface area (TPSA) is 68.3 Å². The second-order valence-corrected chi connectivity index (χ2v) is 5.33. The van der Waals surface area contributed by atoms with Crippen molar-refractivity contribution >= 4 is 17.5 Å². The summed E-state index contributed by atoms with van der Waals surface area (Å²) in [6, 6.07) is 8.06. The van der Waals surface area contributed by atoms with Crippen molar-refractivity contribution in [3.63, 3.8) is 0 Å². The number of ether oxygens (including phenoxy) is 2. The predicted molar refractivity (Wildman–Crippen MR) is 86.2 cm³/mol. The summed E-state index contributed by atoms with van der Waals surface area (Å²) in [6.07, 6.45) is 2.41. The lowest BCUT2D eigenvalue weighted by molar-refractivity contribution is 0.405. The van der Waals surface area contributed by atoms with Crippen LogP contribution in [0, 0.1) is 6.92 Å². The van der Waals surface area contributed by atoms with E-state index >= 15 is 0 Å². The predicted octanol–water partition coefficient (Wildman–Crippen LogP) is 3.12. The summed E-state index contributed by atoms with van der Waals surface area (Å²) >= 11 is 0. The summed E-state index contributed by atoms with van der Waals surface area (Å²) in [5, 5.41) is 6.59. The SMILES string of the molecule is COc1ccc(OC)c(Nc2nc(C)cc(NC3CC3)n2)c1. The van der Waals surface area contributed by atoms with Crippen LogP contribution in [-0.2, 0) is 0 Å². The second kappa shape index (κ2) is 6.09. The molecule has 3 rings (SSSR count). The third kappa shape index (κ3) is 3.39. The van der Waals surface area contributed by atoms with E-state index in [1.165, 1.54) is 12.8 Å². The van der Waals surface area contributed by atoms with Crippen LogP contribution < -0.4 is 20.1 Å². The maximum atomic E-state index is 5.36. The van der Waals surface area contributed by atoms with Gasteiger partial charge in [0.15, 0.2) is 0 Å². The van der Waals surface area contributed by atoms with Crippen molar-refractivity contribution in [3.05, 3.63) is 30.0 Å². The van der Waals surface area contributed by atoms with Gasteiger partial charge in [-0.2, -0.15) is 4.98 Å². The molecule has 1 fully saturated rings. The van der Waals surface area contributed by atoms with Gasteiger partial charge in [0, 0.05) is 23.9 Å². The van der Waals surface area contributed by atoms with E-state index in [0.717, 1.165) is 22.9 Å². The van der Waals surface area contributed by atoms with E-state index in [9.17, 15) is 0 Å². The van der Waals surface area contributed by atoms with E-state index in [4.69, 9.17) is 9.47 Å². The number of aromatic nitrogens is 2. The van der Waals surface area contributed by atoms with Crippen molar-refractivity contribution in [2.45, 2.75) is 25.8 Å². The van der Waals surface area contributed by atoms with Gasteiger partial charge in [0.1, 0.15) is 17.3 Å². The van der Waals surface area contributed by atoms with Gasteiger partial charge in [0.2, 0.25) is 5.95 Å². The molecule has 0 amide bonds. The summed E-state index contributed by atoms with van der Waals surface area (Å²) in [4.78, 5) is 8.94. The summed E-state index contributed by atoms with van der Waals surface area (Å²) in [5.41, 5.74) is 1.67. The van der Waals surface area contributed by atoms with Gasteiger partial charge < -0.3 is 20.1 Å². The smallest absolute Gasteiger partial charge is 0.229 e. The molecule has 1 aromatic carbocycles. The Morgan fingerprint density at radius 2 is 1.91 bits per heavy atom. The maximum Gasteiger partial charge on any atom is 0.229 e. The molecule has 0 radical (unpaired) electrons. The van der Waals surface area contributed by atoms with Gasteiger partial charge in [0.05, 0.1) is 19.9 Å². The number of hydrogen-bond acceptors (Lipinski definition) is 6. The van der Waals surface area contributed by atoms with E-state index in [0.29, 0.717) is 17.7 Å². The molecule has 0 aliphatic heterocycles. The third-order valence-electron chi connectivity index (χ3n) is 3.44. The Hall–Kier alpha value is -2.50. The molecule has 0 bridgehead atoms. The quantitative estimate of drug-likeness (QED) is 0.854. The molecule has 1 heterocycles. The summed E-state index contributed by atoms with van der Waals surface area (Å²) in [5.74, 6) is 2.84. The molecule has 2 N–H and O–H groups in total. The largest absolute Gasteiger partial charge is 0.497 e. The molecule has 1 aromatic heterocycles. The molecule has 0 unspecified atom stereocenters. The van der Waals surface area contributed by atoms with E-state index in [1.807, 2.05) is 31.2 Å². The first-order valence-electron chi connectivity index (χ1n) is 7.29. The Morgan fingerprint density at radius 1 is 1.09 bits per heavy atom. The van der Waals surface area contributed by atoms with Gasteiger partial charge in [0.25, 0.3) is 0 Å². The molecule has 0 spiro atoms. The number of nitrogens with zero attached hydrogens (tertiary/aromatic N) is 2. The molecular weight excluding hydrogens is 280 g/mol. The van der Waals surface area contributed by atoms with Crippen molar-refractivity contribution < 1.29 is 9.47 Å². The molecule has 1 saturated carbocycles. The van der Waals surface area contributed by atoms with Crippen molar-refractivity contribution in [1.29, 1.82) is 0 Å². The van der Waals surface area contributed by atoms with E-state index < -0.39 is 0 Å². The molecule has 22 heavy (non-hydrogen) atoms. The van der Waals surface area contributed by atoms with Crippen LogP contribution in [0.5, 0.6) is 11.5 Å². The molecule has 1 aliphatic rings. The third-order valence-corrected chi connectivity index (χ3v) is 3.44. The van der Waals surface area contributed by atoms with Crippen LogP contribution in [0.25, 0.3) is 0 Å². The molecule has 2 aromatic rings. The minimum atomic E-state index is 0.537. The first-order valence-corrected chi connectivity index (χ1v) is 7.29. The summed E-state index contributed by atoms with van der Waals surface area (Å²) in [7, 11) is 3.26. The normalized spacial score (nSPS) is 13.6. The fourth-order valence-electron chi connectivity index (χ4n) is 2.17. The zero-order valence-electron chi connectivity index (χ0n) is 13.0. The molecule has 6 heteroatoms. The monoisotopic (exact) mass is 300 g/mol. The van der Waals surface area contributed by atoms with Crippen LogP contribution in [0.4, 0.5) is 17.5 Å². The Kier molecular flexibility index (Phi) is 4.00. The Morgan fingerprint density at radius 3 is 2.59 bits per heavy atom. The molecule has 0 atom stereocenters. The maximum absolute atomic E-state index is 5.36. The zero-order valence-corrected chi connectivity index (χ0v) is 13.0. The number of methoxy groups -OCH3 is 2. The number of anilines is 3. The van der Waals surface area contributed by atoms with Crippen LogP contribution in [0.2, 0.25) is 0 Å². The molecule has 6 nitrogen and oxygen atoms in total. The van der Waals surface area contributed by atoms with Gasteiger partial charge in [-0.25, -0.2) is 4.98 Å². The Labute approximate surface area is 129 Å². The van der Waals surface area contributed by atoms with E-state index in [2.05, 4.69) is 20.6 Å². The Balaban J connectivity index is 1.86. The minimum Gasteiger partial charge on any atom is -0.497 e. The fourth-order valence-corrected chi connectivity index (χ4v) is 2.17.